The molecule has 0 bridgehead atoms. The topological polar surface area (TPSA) is 73.9 Å². The van der Waals surface area contributed by atoms with Crippen molar-refractivity contribution in [3.63, 3.8) is 0 Å². The van der Waals surface area contributed by atoms with Crippen molar-refractivity contribution < 1.29 is 23.8 Å². The van der Waals surface area contributed by atoms with E-state index in [1.165, 1.54) is 11.8 Å². The zero-order valence-electron chi connectivity index (χ0n) is 16.9. The molecule has 0 spiro atoms. The predicted octanol–water partition coefficient (Wildman–Crippen LogP) is 4.06. The number of nitrogens with one attached hydrogen (secondary N) is 1. The standard InChI is InChI=1S/C22H24ClNO5S/c1-15(23)13-29-22(26)17-6-4-5-7-20(17)30-14-21(25)24-11-10-16-8-9-18(27-2)19(12-16)28-3/h4-9,12H,1,10-11,13-14H2,2-3H3,(H,24,25). The molecule has 2 rings (SSSR count). The minimum Gasteiger partial charge on any atom is -0.493 e. The summed E-state index contributed by atoms with van der Waals surface area (Å²) >= 11 is 6.90. The van der Waals surface area contributed by atoms with Crippen LogP contribution in [0.4, 0.5) is 0 Å². The number of hydrogen-bond donors (Lipinski definition) is 1. The monoisotopic (exact) mass is 449 g/mol. The largest absolute Gasteiger partial charge is 0.493 e. The Morgan fingerprint density at radius 2 is 1.83 bits per heavy atom. The highest BCUT2D eigenvalue weighted by atomic mass is 35.5. The maximum atomic E-state index is 12.2. The molecule has 0 atom stereocenters. The number of benzene rings is 2. The van der Waals surface area contributed by atoms with Gasteiger partial charge >= 0.3 is 5.97 Å². The van der Waals surface area contributed by atoms with Gasteiger partial charge in [0.15, 0.2) is 11.5 Å². The number of hydrogen-bond acceptors (Lipinski definition) is 6. The van der Waals surface area contributed by atoms with Crippen LogP contribution in [0.1, 0.15) is 15.9 Å². The van der Waals surface area contributed by atoms with Crippen LogP contribution in [0.5, 0.6) is 11.5 Å². The number of methoxy groups -OCH3 is 2. The normalized spacial score (nSPS) is 10.2. The summed E-state index contributed by atoms with van der Waals surface area (Å²) in [7, 11) is 3.17. The molecule has 0 aliphatic rings. The van der Waals surface area contributed by atoms with Gasteiger partial charge in [0, 0.05) is 16.5 Å². The Labute approximate surface area is 185 Å². The molecular weight excluding hydrogens is 426 g/mol. The third-order valence-electron chi connectivity index (χ3n) is 4.01. The molecule has 2 aromatic carbocycles. The van der Waals surface area contributed by atoms with Crippen molar-refractivity contribution in [1.82, 2.24) is 5.32 Å². The second-order valence-electron chi connectivity index (χ2n) is 6.17. The quantitative estimate of drug-likeness (QED) is 0.412. The summed E-state index contributed by atoms with van der Waals surface area (Å²) in [6.07, 6.45) is 0.655. The fraction of sp³-hybridized carbons (Fsp3) is 0.273. The van der Waals surface area contributed by atoms with E-state index in [0.29, 0.717) is 34.9 Å². The summed E-state index contributed by atoms with van der Waals surface area (Å²) in [5, 5.41) is 3.12. The molecule has 8 heteroatoms. The number of thioether (sulfide) groups is 1. The second-order valence-corrected chi connectivity index (χ2v) is 7.72. The summed E-state index contributed by atoms with van der Waals surface area (Å²) in [4.78, 5) is 25.1. The zero-order valence-corrected chi connectivity index (χ0v) is 18.5. The molecule has 0 unspecified atom stereocenters. The van der Waals surface area contributed by atoms with Crippen molar-refractivity contribution in [3.8, 4) is 11.5 Å². The van der Waals surface area contributed by atoms with E-state index in [4.69, 9.17) is 25.8 Å². The van der Waals surface area contributed by atoms with Crippen molar-refractivity contribution >= 4 is 35.2 Å². The SMILES string of the molecule is C=C(Cl)COC(=O)c1ccccc1SCC(=O)NCCc1ccc(OC)c(OC)c1. The number of esters is 1. The van der Waals surface area contributed by atoms with Crippen molar-refractivity contribution in [2.45, 2.75) is 11.3 Å². The van der Waals surface area contributed by atoms with Gasteiger partial charge in [-0.25, -0.2) is 4.79 Å². The van der Waals surface area contributed by atoms with Gasteiger partial charge < -0.3 is 19.5 Å². The Morgan fingerprint density at radius 3 is 2.53 bits per heavy atom. The van der Waals surface area contributed by atoms with Crippen molar-refractivity contribution in [2.24, 2.45) is 0 Å². The van der Waals surface area contributed by atoms with Crippen LogP contribution in [0.15, 0.2) is 59.0 Å². The first-order chi connectivity index (χ1) is 14.4. The average molecular weight is 450 g/mol. The number of rotatable bonds is 11. The molecule has 2 aromatic rings. The number of halogens is 1. The van der Waals surface area contributed by atoms with Gasteiger partial charge in [-0.1, -0.05) is 36.4 Å². The van der Waals surface area contributed by atoms with Gasteiger partial charge in [-0.3, -0.25) is 4.79 Å². The molecule has 0 aromatic heterocycles. The fourth-order valence-electron chi connectivity index (χ4n) is 2.56. The van der Waals surface area contributed by atoms with Gasteiger partial charge in [0.25, 0.3) is 0 Å². The van der Waals surface area contributed by atoms with Crippen LogP contribution in [0.3, 0.4) is 0 Å². The molecule has 0 aliphatic carbocycles. The van der Waals surface area contributed by atoms with Gasteiger partial charge in [0.2, 0.25) is 5.91 Å². The lowest BCUT2D eigenvalue weighted by Gasteiger charge is -2.11. The first-order valence-corrected chi connectivity index (χ1v) is 10.5. The van der Waals surface area contributed by atoms with Crippen LogP contribution in [-0.4, -0.2) is 45.0 Å². The van der Waals surface area contributed by atoms with Crippen LogP contribution in [0, 0.1) is 0 Å². The molecule has 6 nitrogen and oxygen atoms in total. The molecule has 0 saturated heterocycles. The third-order valence-corrected chi connectivity index (χ3v) is 5.19. The summed E-state index contributed by atoms with van der Waals surface area (Å²) in [6, 6.07) is 12.6. The summed E-state index contributed by atoms with van der Waals surface area (Å²) in [6.45, 7) is 3.91. The Morgan fingerprint density at radius 1 is 1.10 bits per heavy atom. The molecule has 1 N–H and O–H groups in total. The molecular formula is C22H24ClNO5S. The Hall–Kier alpha value is -2.64. The van der Waals surface area contributed by atoms with Crippen LogP contribution in [0.2, 0.25) is 0 Å². The highest BCUT2D eigenvalue weighted by Gasteiger charge is 2.14. The highest BCUT2D eigenvalue weighted by Crippen LogP contribution is 2.27. The van der Waals surface area contributed by atoms with E-state index in [9.17, 15) is 9.59 Å². The molecule has 160 valence electrons. The summed E-state index contributed by atoms with van der Waals surface area (Å²) in [5.41, 5.74) is 1.41. The van der Waals surface area contributed by atoms with Crippen molar-refractivity contribution in [2.75, 3.05) is 33.1 Å². The van der Waals surface area contributed by atoms with E-state index in [0.717, 1.165) is 5.56 Å². The second kappa shape index (κ2) is 12.1. The molecule has 0 aliphatic heterocycles. The van der Waals surface area contributed by atoms with E-state index in [1.807, 2.05) is 18.2 Å². The van der Waals surface area contributed by atoms with Crippen molar-refractivity contribution in [3.05, 3.63) is 65.2 Å². The zero-order chi connectivity index (χ0) is 21.9. The molecule has 0 fully saturated rings. The number of ether oxygens (including phenoxy) is 3. The number of amides is 1. The Kier molecular flexibility index (Phi) is 9.57. The van der Waals surface area contributed by atoms with E-state index in [2.05, 4.69) is 11.9 Å². The first-order valence-electron chi connectivity index (χ1n) is 9.14. The maximum Gasteiger partial charge on any atom is 0.339 e. The molecule has 30 heavy (non-hydrogen) atoms. The Bertz CT molecular complexity index is 903. The Balaban J connectivity index is 1.84. The van der Waals surface area contributed by atoms with E-state index in [1.54, 1.807) is 38.5 Å². The predicted molar refractivity (Wildman–Crippen MR) is 119 cm³/mol. The number of carbonyl (C=O) groups excluding carboxylic acids is 2. The van der Waals surface area contributed by atoms with Gasteiger partial charge in [0.05, 0.1) is 25.5 Å². The minimum absolute atomic E-state index is 0.0595. The molecule has 0 radical (unpaired) electrons. The van der Waals surface area contributed by atoms with Gasteiger partial charge in [-0.05, 0) is 36.2 Å². The smallest absolute Gasteiger partial charge is 0.339 e. The maximum absolute atomic E-state index is 12.2. The van der Waals surface area contributed by atoms with Gasteiger partial charge in [-0.2, -0.15) is 0 Å². The molecule has 0 heterocycles. The number of carbonyl (C=O) groups is 2. The first kappa shape index (κ1) is 23.6. The lowest BCUT2D eigenvalue weighted by Crippen LogP contribution is -2.27. The summed E-state index contributed by atoms with van der Waals surface area (Å²) < 4.78 is 15.6. The fourth-order valence-corrected chi connectivity index (χ4v) is 3.48. The van der Waals surface area contributed by atoms with Crippen LogP contribution in [0.25, 0.3) is 0 Å². The van der Waals surface area contributed by atoms with Crippen LogP contribution < -0.4 is 14.8 Å². The minimum atomic E-state index is -0.506. The van der Waals surface area contributed by atoms with Crippen LogP contribution >= 0.6 is 23.4 Å². The average Bonchev–Trinajstić information content (AvgIpc) is 2.76. The van der Waals surface area contributed by atoms with E-state index in [-0.39, 0.29) is 23.3 Å². The van der Waals surface area contributed by atoms with Crippen molar-refractivity contribution in [1.29, 1.82) is 0 Å². The molecule has 1 amide bonds. The van der Waals surface area contributed by atoms with E-state index < -0.39 is 5.97 Å². The molecule has 0 saturated carbocycles. The third kappa shape index (κ3) is 7.31. The highest BCUT2D eigenvalue weighted by molar-refractivity contribution is 8.00. The van der Waals surface area contributed by atoms with Gasteiger partial charge in [0.1, 0.15) is 6.61 Å². The lowest BCUT2D eigenvalue weighted by molar-refractivity contribution is -0.118. The van der Waals surface area contributed by atoms with Gasteiger partial charge in [-0.15, -0.1) is 11.8 Å². The van der Waals surface area contributed by atoms with E-state index >= 15 is 0 Å². The summed E-state index contributed by atoms with van der Waals surface area (Å²) in [5.74, 6) is 0.859. The lowest BCUT2D eigenvalue weighted by atomic mass is 10.1. The van der Waals surface area contributed by atoms with Crippen LogP contribution in [-0.2, 0) is 16.0 Å².